The molecule has 0 fully saturated rings. The van der Waals surface area contributed by atoms with Gasteiger partial charge in [0.2, 0.25) is 0 Å². The second-order valence-electron chi connectivity index (χ2n) is 6.16. The van der Waals surface area contributed by atoms with E-state index in [-0.39, 0.29) is 5.75 Å². The summed E-state index contributed by atoms with van der Waals surface area (Å²) in [7, 11) is 1.55. The highest BCUT2D eigenvalue weighted by atomic mass is 16.5. The highest BCUT2D eigenvalue weighted by Gasteiger charge is 2.01. The summed E-state index contributed by atoms with van der Waals surface area (Å²) >= 11 is 0. The number of methoxy groups -OCH3 is 1. The average Bonchev–Trinajstić information content (AvgIpc) is 2.51. The maximum atomic E-state index is 9.54. The molecular formula is C20H30O3. The highest BCUT2D eigenvalue weighted by Crippen LogP contribution is 2.26. The van der Waals surface area contributed by atoms with Gasteiger partial charge in [-0.3, -0.25) is 0 Å². The van der Waals surface area contributed by atoms with Gasteiger partial charge in [-0.05, 0) is 56.7 Å². The van der Waals surface area contributed by atoms with Gasteiger partial charge in [0.05, 0.1) is 13.7 Å². The van der Waals surface area contributed by atoms with Crippen molar-refractivity contribution < 1.29 is 14.6 Å². The van der Waals surface area contributed by atoms with Gasteiger partial charge in [-0.1, -0.05) is 36.8 Å². The molecular weight excluding hydrogens is 288 g/mol. The first-order valence-corrected chi connectivity index (χ1v) is 8.27. The maximum absolute atomic E-state index is 9.54. The van der Waals surface area contributed by atoms with E-state index in [0.29, 0.717) is 18.3 Å². The molecule has 0 heterocycles. The van der Waals surface area contributed by atoms with Gasteiger partial charge < -0.3 is 14.6 Å². The van der Waals surface area contributed by atoms with Crippen LogP contribution in [0, 0.1) is 5.92 Å². The van der Waals surface area contributed by atoms with Gasteiger partial charge in [-0.2, -0.15) is 0 Å². The van der Waals surface area contributed by atoms with E-state index in [1.165, 1.54) is 12.0 Å². The highest BCUT2D eigenvalue weighted by molar-refractivity contribution is 5.55. The first-order chi connectivity index (χ1) is 11.0. The van der Waals surface area contributed by atoms with Crippen LogP contribution in [0.4, 0.5) is 0 Å². The van der Waals surface area contributed by atoms with Crippen molar-refractivity contribution in [1.29, 1.82) is 0 Å². The topological polar surface area (TPSA) is 38.7 Å². The number of phenolic OH excluding ortho intramolecular Hbond substituents is 1. The number of benzene rings is 1. The van der Waals surface area contributed by atoms with Crippen LogP contribution in [0.25, 0.3) is 6.08 Å². The third kappa shape index (κ3) is 8.46. The number of allylic oxidation sites excluding steroid dienone is 2. The molecule has 0 aliphatic heterocycles. The zero-order valence-electron chi connectivity index (χ0n) is 14.8. The molecule has 3 heteroatoms. The van der Waals surface area contributed by atoms with Crippen LogP contribution in [0.3, 0.4) is 0 Å². The Morgan fingerprint density at radius 1 is 1.26 bits per heavy atom. The summed E-state index contributed by atoms with van der Waals surface area (Å²) in [5, 5.41) is 9.54. The summed E-state index contributed by atoms with van der Waals surface area (Å²) in [6.45, 7) is 7.96. The number of aromatic hydroxyl groups is 1. The maximum Gasteiger partial charge on any atom is 0.161 e. The molecule has 1 atom stereocenters. The molecule has 0 saturated carbocycles. The van der Waals surface area contributed by atoms with Crippen molar-refractivity contribution in [3.8, 4) is 11.5 Å². The Balaban J connectivity index is 2.20. The minimum absolute atomic E-state index is 0.156. The lowest BCUT2D eigenvalue weighted by Crippen LogP contribution is -2.02. The third-order valence-corrected chi connectivity index (χ3v) is 3.70. The molecule has 23 heavy (non-hydrogen) atoms. The molecule has 0 aromatic heterocycles. The normalized spacial score (nSPS) is 12.3. The Morgan fingerprint density at radius 3 is 2.74 bits per heavy atom. The molecule has 0 saturated heterocycles. The van der Waals surface area contributed by atoms with E-state index >= 15 is 0 Å². The zero-order chi connectivity index (χ0) is 17.1. The first kappa shape index (κ1) is 19.3. The van der Waals surface area contributed by atoms with Crippen LogP contribution in [0.5, 0.6) is 11.5 Å². The molecule has 0 aliphatic carbocycles. The lowest BCUT2D eigenvalue weighted by atomic mass is 10.0. The van der Waals surface area contributed by atoms with Crippen molar-refractivity contribution in [3.63, 3.8) is 0 Å². The van der Waals surface area contributed by atoms with Gasteiger partial charge >= 0.3 is 0 Å². The van der Waals surface area contributed by atoms with Gasteiger partial charge in [0.1, 0.15) is 0 Å². The number of phenols is 1. The average molecular weight is 318 g/mol. The lowest BCUT2D eigenvalue weighted by Gasteiger charge is -2.09. The fraction of sp³-hybridized carbons (Fsp3) is 0.500. The quantitative estimate of drug-likeness (QED) is 0.476. The van der Waals surface area contributed by atoms with Crippen LogP contribution in [-0.4, -0.2) is 25.4 Å². The predicted octanol–water partition coefficient (Wildman–Crippen LogP) is 5.20. The molecule has 1 rings (SSSR count). The summed E-state index contributed by atoms with van der Waals surface area (Å²) in [4.78, 5) is 0. The van der Waals surface area contributed by atoms with Crippen LogP contribution in [-0.2, 0) is 4.74 Å². The second-order valence-corrected chi connectivity index (χ2v) is 6.16. The lowest BCUT2D eigenvalue weighted by molar-refractivity contribution is 0.146. The number of hydrogen-bond acceptors (Lipinski definition) is 3. The van der Waals surface area contributed by atoms with E-state index in [1.807, 2.05) is 18.2 Å². The molecule has 1 N–H and O–H groups in total. The van der Waals surface area contributed by atoms with Crippen molar-refractivity contribution in [2.24, 2.45) is 5.92 Å². The molecule has 1 aromatic rings. The Kier molecular flexibility index (Phi) is 9.15. The minimum Gasteiger partial charge on any atom is -0.504 e. The van der Waals surface area contributed by atoms with Gasteiger partial charge in [0, 0.05) is 6.61 Å². The predicted molar refractivity (Wildman–Crippen MR) is 97.0 cm³/mol. The van der Waals surface area contributed by atoms with Crippen molar-refractivity contribution in [2.45, 2.75) is 40.0 Å². The van der Waals surface area contributed by atoms with Crippen LogP contribution in [0.1, 0.15) is 45.6 Å². The molecule has 1 aromatic carbocycles. The summed E-state index contributed by atoms with van der Waals surface area (Å²) in [5.74, 6) is 1.33. The SMILES string of the molecule is COc1cc(C=CCOCC[C@@H](C)CCC=C(C)C)ccc1O. The Hall–Kier alpha value is -1.74. The van der Waals surface area contributed by atoms with E-state index in [1.54, 1.807) is 19.2 Å². The zero-order valence-corrected chi connectivity index (χ0v) is 14.8. The second kappa shape index (κ2) is 10.9. The molecule has 0 spiro atoms. The number of rotatable bonds is 10. The molecule has 0 bridgehead atoms. The van der Waals surface area contributed by atoms with Crippen LogP contribution in [0.2, 0.25) is 0 Å². The summed E-state index contributed by atoms with van der Waals surface area (Å²) in [6.07, 6.45) is 9.73. The van der Waals surface area contributed by atoms with Crippen molar-refractivity contribution in [2.75, 3.05) is 20.3 Å². The van der Waals surface area contributed by atoms with E-state index in [2.05, 4.69) is 26.8 Å². The molecule has 0 aliphatic rings. The minimum atomic E-state index is 0.156. The summed E-state index contributed by atoms with van der Waals surface area (Å²) in [5.41, 5.74) is 2.38. The molecule has 128 valence electrons. The van der Waals surface area contributed by atoms with Crippen molar-refractivity contribution in [3.05, 3.63) is 41.5 Å². The van der Waals surface area contributed by atoms with Gasteiger partial charge in [0.25, 0.3) is 0 Å². The van der Waals surface area contributed by atoms with Crippen LogP contribution < -0.4 is 4.74 Å². The van der Waals surface area contributed by atoms with E-state index < -0.39 is 0 Å². The standard InChI is InChI=1S/C20H30O3/c1-16(2)7-5-8-17(3)12-14-23-13-6-9-18-10-11-19(21)20(15-18)22-4/h6-7,9-11,15,17,21H,5,8,12-14H2,1-4H3/t17-/m0/s1. The van der Waals surface area contributed by atoms with Gasteiger partial charge in [-0.25, -0.2) is 0 Å². The molecule has 0 unspecified atom stereocenters. The van der Waals surface area contributed by atoms with Gasteiger partial charge in [0.15, 0.2) is 11.5 Å². The summed E-state index contributed by atoms with van der Waals surface area (Å²) < 4.78 is 10.7. The van der Waals surface area contributed by atoms with E-state index in [9.17, 15) is 5.11 Å². The van der Waals surface area contributed by atoms with Crippen molar-refractivity contribution >= 4 is 6.08 Å². The molecule has 0 amide bonds. The Bertz CT molecular complexity index is 514. The number of hydrogen-bond donors (Lipinski definition) is 1. The van der Waals surface area contributed by atoms with Crippen LogP contribution >= 0.6 is 0 Å². The van der Waals surface area contributed by atoms with E-state index in [0.717, 1.165) is 25.0 Å². The monoisotopic (exact) mass is 318 g/mol. The first-order valence-electron chi connectivity index (χ1n) is 8.27. The van der Waals surface area contributed by atoms with Gasteiger partial charge in [-0.15, -0.1) is 0 Å². The molecule has 3 nitrogen and oxygen atoms in total. The smallest absolute Gasteiger partial charge is 0.161 e. The van der Waals surface area contributed by atoms with Crippen molar-refractivity contribution in [1.82, 2.24) is 0 Å². The van der Waals surface area contributed by atoms with Crippen LogP contribution in [0.15, 0.2) is 35.9 Å². The largest absolute Gasteiger partial charge is 0.504 e. The fourth-order valence-corrected chi connectivity index (χ4v) is 2.22. The Labute approximate surface area is 140 Å². The summed E-state index contributed by atoms with van der Waals surface area (Å²) in [6, 6.07) is 5.28. The molecule has 0 radical (unpaired) electrons. The number of ether oxygens (including phenoxy) is 2. The fourth-order valence-electron chi connectivity index (χ4n) is 2.22. The third-order valence-electron chi connectivity index (χ3n) is 3.70. The van der Waals surface area contributed by atoms with E-state index in [4.69, 9.17) is 9.47 Å². The Morgan fingerprint density at radius 2 is 2.04 bits per heavy atom.